The van der Waals surface area contributed by atoms with Gasteiger partial charge in [0.05, 0.1) is 6.20 Å². The van der Waals surface area contributed by atoms with Gasteiger partial charge in [0.2, 0.25) is 0 Å². The predicted molar refractivity (Wildman–Crippen MR) is 99.5 cm³/mol. The number of hydrogen-bond acceptors (Lipinski definition) is 4. The standard InChI is InChI=1S/C17H17ClN6O/c18-12-2-1-3-14(8-12)22-15-10-21-24-16(15)23-13-6-4-11(5-7-13)9-20-17(19)25/h1-8,10,22H,9H2,(H3,19,20,25)(H2,21,23,24). The molecule has 1 heterocycles. The zero-order valence-corrected chi connectivity index (χ0v) is 14.0. The largest absolute Gasteiger partial charge is 0.352 e. The molecule has 0 saturated carbocycles. The highest BCUT2D eigenvalue weighted by Crippen LogP contribution is 2.27. The number of halogens is 1. The van der Waals surface area contributed by atoms with Gasteiger partial charge in [-0.15, -0.1) is 0 Å². The van der Waals surface area contributed by atoms with Crippen LogP contribution in [0.4, 0.5) is 27.7 Å². The van der Waals surface area contributed by atoms with Gasteiger partial charge in [-0.2, -0.15) is 5.10 Å². The van der Waals surface area contributed by atoms with Crippen LogP contribution >= 0.6 is 11.6 Å². The lowest BCUT2D eigenvalue weighted by atomic mass is 10.2. The summed E-state index contributed by atoms with van der Waals surface area (Å²) >= 11 is 6.00. The summed E-state index contributed by atoms with van der Waals surface area (Å²) in [6, 6.07) is 14.5. The van der Waals surface area contributed by atoms with Gasteiger partial charge in [0, 0.05) is 22.9 Å². The summed E-state index contributed by atoms with van der Waals surface area (Å²) in [7, 11) is 0. The van der Waals surface area contributed by atoms with Crippen molar-refractivity contribution >= 4 is 40.5 Å². The molecular weight excluding hydrogens is 340 g/mol. The van der Waals surface area contributed by atoms with Crippen molar-refractivity contribution < 1.29 is 4.79 Å². The quantitative estimate of drug-likeness (QED) is 0.464. The molecule has 0 atom stereocenters. The van der Waals surface area contributed by atoms with Crippen LogP contribution < -0.4 is 21.7 Å². The highest BCUT2D eigenvalue weighted by Gasteiger charge is 2.06. The molecule has 0 radical (unpaired) electrons. The second-order valence-corrected chi connectivity index (χ2v) is 5.77. The van der Waals surface area contributed by atoms with Crippen LogP contribution in [0.1, 0.15) is 5.56 Å². The van der Waals surface area contributed by atoms with Gasteiger partial charge in [-0.1, -0.05) is 29.8 Å². The number of hydrogen-bond donors (Lipinski definition) is 5. The van der Waals surface area contributed by atoms with Crippen molar-refractivity contribution in [2.45, 2.75) is 6.54 Å². The van der Waals surface area contributed by atoms with Crippen molar-refractivity contribution in [1.82, 2.24) is 15.5 Å². The fourth-order valence-electron chi connectivity index (χ4n) is 2.24. The molecule has 0 aliphatic rings. The molecule has 2 amide bonds. The Labute approximate surface area is 149 Å². The first-order chi connectivity index (χ1) is 12.1. The molecule has 0 saturated heterocycles. The number of amides is 2. The van der Waals surface area contributed by atoms with Gasteiger partial charge < -0.3 is 21.7 Å². The Morgan fingerprint density at radius 2 is 1.92 bits per heavy atom. The lowest BCUT2D eigenvalue weighted by molar-refractivity contribution is 0.248. The molecule has 0 bridgehead atoms. The lowest BCUT2D eigenvalue weighted by Gasteiger charge is -2.10. The van der Waals surface area contributed by atoms with Crippen LogP contribution in [0, 0.1) is 0 Å². The first-order valence-corrected chi connectivity index (χ1v) is 7.93. The van der Waals surface area contributed by atoms with Crippen molar-refractivity contribution in [3.63, 3.8) is 0 Å². The second-order valence-electron chi connectivity index (χ2n) is 5.33. The number of anilines is 4. The van der Waals surface area contributed by atoms with Crippen molar-refractivity contribution in [1.29, 1.82) is 0 Å². The van der Waals surface area contributed by atoms with Gasteiger partial charge in [-0.25, -0.2) is 4.79 Å². The molecule has 25 heavy (non-hydrogen) atoms. The summed E-state index contributed by atoms with van der Waals surface area (Å²) in [5, 5.41) is 16.7. The number of urea groups is 1. The van der Waals surface area contributed by atoms with Gasteiger partial charge in [0.25, 0.3) is 0 Å². The fraction of sp³-hybridized carbons (Fsp3) is 0.0588. The Kier molecular flexibility index (Phi) is 5.06. The average molecular weight is 357 g/mol. The number of primary amides is 1. The minimum Gasteiger partial charge on any atom is -0.352 e. The Morgan fingerprint density at radius 1 is 1.12 bits per heavy atom. The lowest BCUT2D eigenvalue weighted by Crippen LogP contribution is -2.28. The van der Waals surface area contributed by atoms with Crippen LogP contribution in [0.15, 0.2) is 54.7 Å². The molecule has 0 aliphatic heterocycles. The SMILES string of the molecule is NC(=O)NCc1ccc(Nc2[nH]ncc2Nc2cccc(Cl)c2)cc1. The molecule has 6 N–H and O–H groups in total. The number of H-pyrrole nitrogens is 1. The minimum atomic E-state index is -0.545. The maximum atomic E-state index is 10.7. The normalized spacial score (nSPS) is 10.3. The van der Waals surface area contributed by atoms with E-state index in [1.165, 1.54) is 0 Å². The van der Waals surface area contributed by atoms with E-state index in [9.17, 15) is 4.79 Å². The molecule has 0 unspecified atom stereocenters. The summed E-state index contributed by atoms with van der Waals surface area (Å²) in [4.78, 5) is 10.7. The summed E-state index contributed by atoms with van der Waals surface area (Å²) in [5.74, 6) is 0.725. The molecule has 0 spiro atoms. The third-order valence-corrected chi connectivity index (χ3v) is 3.67. The van der Waals surface area contributed by atoms with E-state index in [2.05, 4.69) is 26.1 Å². The van der Waals surface area contributed by atoms with Gasteiger partial charge >= 0.3 is 6.03 Å². The summed E-state index contributed by atoms with van der Waals surface area (Å²) < 4.78 is 0. The monoisotopic (exact) mass is 356 g/mol. The van der Waals surface area contributed by atoms with Crippen LogP contribution in [0.3, 0.4) is 0 Å². The highest BCUT2D eigenvalue weighted by molar-refractivity contribution is 6.30. The molecule has 0 fully saturated rings. The molecule has 128 valence electrons. The van der Waals surface area contributed by atoms with Crippen molar-refractivity contribution in [3.8, 4) is 0 Å². The number of benzene rings is 2. The molecule has 2 aromatic carbocycles. The minimum absolute atomic E-state index is 0.390. The Bertz CT molecular complexity index is 862. The van der Waals surface area contributed by atoms with Gasteiger partial charge in [-0.3, -0.25) is 5.10 Å². The van der Waals surface area contributed by atoms with Crippen molar-refractivity contribution in [2.24, 2.45) is 5.73 Å². The van der Waals surface area contributed by atoms with Crippen LogP contribution in [-0.2, 0) is 6.54 Å². The van der Waals surface area contributed by atoms with E-state index in [1.807, 2.05) is 48.5 Å². The van der Waals surface area contributed by atoms with Gasteiger partial charge in [0.15, 0.2) is 0 Å². The number of rotatable bonds is 6. The van der Waals surface area contributed by atoms with Gasteiger partial charge in [0.1, 0.15) is 11.5 Å². The third-order valence-electron chi connectivity index (χ3n) is 3.43. The van der Waals surface area contributed by atoms with Crippen LogP contribution in [0.2, 0.25) is 5.02 Å². The molecule has 1 aromatic heterocycles. The van der Waals surface area contributed by atoms with Crippen LogP contribution in [0.5, 0.6) is 0 Å². The number of aromatic amines is 1. The summed E-state index contributed by atoms with van der Waals surface area (Å²) in [5.41, 5.74) is 8.55. The van der Waals surface area contributed by atoms with E-state index in [0.717, 1.165) is 28.4 Å². The van der Waals surface area contributed by atoms with Crippen molar-refractivity contribution in [2.75, 3.05) is 10.6 Å². The summed E-state index contributed by atoms with van der Waals surface area (Å²) in [6.07, 6.45) is 1.69. The van der Waals surface area contributed by atoms with Crippen LogP contribution in [0.25, 0.3) is 0 Å². The van der Waals surface area contributed by atoms with E-state index >= 15 is 0 Å². The maximum Gasteiger partial charge on any atom is 0.312 e. The van der Waals surface area contributed by atoms with E-state index in [4.69, 9.17) is 17.3 Å². The second kappa shape index (κ2) is 7.59. The topological polar surface area (TPSA) is 108 Å². The number of nitrogens with one attached hydrogen (secondary N) is 4. The first kappa shape index (κ1) is 16.7. The van der Waals surface area contributed by atoms with E-state index in [1.54, 1.807) is 6.20 Å². The van der Waals surface area contributed by atoms with Crippen molar-refractivity contribution in [3.05, 3.63) is 65.3 Å². The Balaban J connectivity index is 1.67. The van der Waals surface area contributed by atoms with Gasteiger partial charge in [-0.05, 0) is 35.9 Å². The number of nitrogens with two attached hydrogens (primary N) is 1. The molecular formula is C17H17ClN6O. The van der Waals surface area contributed by atoms with E-state index < -0.39 is 6.03 Å². The first-order valence-electron chi connectivity index (χ1n) is 7.55. The smallest absolute Gasteiger partial charge is 0.312 e. The summed E-state index contributed by atoms with van der Waals surface area (Å²) in [6.45, 7) is 0.390. The third kappa shape index (κ3) is 4.65. The number of aromatic nitrogens is 2. The number of carbonyl (C=O) groups is 1. The van der Waals surface area contributed by atoms with E-state index in [-0.39, 0.29) is 0 Å². The number of nitrogens with zero attached hydrogens (tertiary/aromatic N) is 1. The molecule has 3 aromatic rings. The fourth-order valence-corrected chi connectivity index (χ4v) is 2.43. The van der Waals surface area contributed by atoms with E-state index in [0.29, 0.717) is 11.6 Å². The molecule has 3 rings (SSSR count). The van der Waals surface area contributed by atoms with Crippen LogP contribution in [-0.4, -0.2) is 16.2 Å². The maximum absolute atomic E-state index is 10.7. The highest BCUT2D eigenvalue weighted by atomic mass is 35.5. The predicted octanol–water partition coefficient (Wildman–Crippen LogP) is 3.72. The zero-order chi connectivity index (χ0) is 17.6. The average Bonchev–Trinajstić information content (AvgIpc) is 3.01. The molecule has 7 nitrogen and oxygen atoms in total. The number of carbonyl (C=O) groups excluding carboxylic acids is 1. The Hall–Kier alpha value is -3.19. The molecule has 0 aliphatic carbocycles. The zero-order valence-electron chi connectivity index (χ0n) is 13.2. The molecule has 8 heteroatoms. The Morgan fingerprint density at radius 3 is 2.64 bits per heavy atom.